The number of ether oxygens (including phenoxy) is 1. The highest BCUT2D eigenvalue weighted by Gasteiger charge is 2.26. The molecule has 1 aliphatic rings. The summed E-state index contributed by atoms with van der Waals surface area (Å²) < 4.78 is 11.0. The van der Waals surface area contributed by atoms with Gasteiger partial charge in [0.1, 0.15) is 5.75 Å². The maximum atomic E-state index is 12.8. The molecule has 1 N–H and O–H groups in total. The first-order chi connectivity index (χ1) is 14.8. The standard InChI is InChI=1S/C24H27N3O3/c1-29-22-13-7-6-12-19(22)21(27-14-8-3-9-15-27)17-25-24(28)20-16-23(30-26-20)18-10-4-2-5-11-18/h2,4-7,10-13,16,21H,3,8-9,14-15,17H2,1H3,(H,25,28). The minimum absolute atomic E-state index is 0.0471. The Kier molecular flexibility index (Phi) is 6.44. The van der Waals surface area contributed by atoms with Gasteiger partial charge in [0.25, 0.3) is 5.91 Å². The van der Waals surface area contributed by atoms with E-state index in [4.69, 9.17) is 9.26 Å². The van der Waals surface area contributed by atoms with Crippen molar-refractivity contribution in [1.29, 1.82) is 0 Å². The number of amides is 1. The second-order valence-electron chi connectivity index (χ2n) is 7.51. The van der Waals surface area contributed by atoms with Gasteiger partial charge >= 0.3 is 0 Å². The van der Waals surface area contributed by atoms with E-state index in [1.54, 1.807) is 13.2 Å². The first-order valence-electron chi connectivity index (χ1n) is 10.4. The second-order valence-corrected chi connectivity index (χ2v) is 7.51. The summed E-state index contributed by atoms with van der Waals surface area (Å²) in [6, 6.07) is 19.4. The highest BCUT2D eigenvalue weighted by molar-refractivity contribution is 5.93. The van der Waals surface area contributed by atoms with Crippen LogP contribution in [0.3, 0.4) is 0 Å². The zero-order chi connectivity index (χ0) is 20.8. The first kappa shape index (κ1) is 20.2. The summed E-state index contributed by atoms with van der Waals surface area (Å²) >= 11 is 0. The molecule has 1 amide bonds. The van der Waals surface area contributed by atoms with Gasteiger partial charge in [-0.2, -0.15) is 0 Å². The molecule has 156 valence electrons. The molecule has 1 fully saturated rings. The lowest BCUT2D eigenvalue weighted by Crippen LogP contribution is -2.40. The number of carbonyl (C=O) groups excluding carboxylic acids is 1. The molecule has 0 aliphatic carbocycles. The Bertz CT molecular complexity index is 965. The number of likely N-dealkylation sites (tertiary alicyclic amines) is 1. The van der Waals surface area contributed by atoms with E-state index >= 15 is 0 Å². The molecule has 3 aromatic rings. The molecule has 1 saturated heterocycles. The molecule has 6 heteroatoms. The quantitative estimate of drug-likeness (QED) is 0.635. The van der Waals surface area contributed by atoms with E-state index in [9.17, 15) is 4.79 Å². The van der Waals surface area contributed by atoms with Crippen LogP contribution in [0.2, 0.25) is 0 Å². The molecule has 0 radical (unpaired) electrons. The average molecular weight is 405 g/mol. The van der Waals surface area contributed by atoms with Gasteiger partial charge in [-0.25, -0.2) is 0 Å². The Hall–Kier alpha value is -3.12. The van der Waals surface area contributed by atoms with Crippen molar-refractivity contribution in [3.05, 3.63) is 71.9 Å². The Morgan fingerprint density at radius 2 is 1.83 bits per heavy atom. The van der Waals surface area contributed by atoms with Crippen LogP contribution in [0.4, 0.5) is 0 Å². The topological polar surface area (TPSA) is 67.6 Å². The fourth-order valence-electron chi connectivity index (χ4n) is 4.01. The number of carbonyl (C=O) groups is 1. The summed E-state index contributed by atoms with van der Waals surface area (Å²) in [6.07, 6.45) is 3.59. The molecule has 6 nitrogen and oxygen atoms in total. The third kappa shape index (κ3) is 4.54. The third-order valence-electron chi connectivity index (χ3n) is 5.59. The molecule has 2 aromatic carbocycles. The van der Waals surface area contributed by atoms with Crippen LogP contribution in [0.1, 0.15) is 41.4 Å². The monoisotopic (exact) mass is 405 g/mol. The van der Waals surface area contributed by atoms with Crippen LogP contribution in [0.25, 0.3) is 11.3 Å². The molecule has 1 aromatic heterocycles. The summed E-state index contributed by atoms with van der Waals surface area (Å²) in [5.41, 5.74) is 2.27. The Balaban J connectivity index is 1.49. The van der Waals surface area contributed by atoms with Gasteiger partial charge in [0.15, 0.2) is 11.5 Å². The van der Waals surface area contributed by atoms with Crippen molar-refractivity contribution in [2.24, 2.45) is 0 Å². The Morgan fingerprint density at radius 1 is 1.10 bits per heavy atom. The number of rotatable bonds is 7. The van der Waals surface area contributed by atoms with Gasteiger partial charge < -0.3 is 14.6 Å². The highest BCUT2D eigenvalue weighted by atomic mass is 16.5. The van der Waals surface area contributed by atoms with E-state index in [0.717, 1.165) is 30.0 Å². The Labute approximate surface area is 176 Å². The van der Waals surface area contributed by atoms with Crippen LogP contribution in [-0.4, -0.2) is 42.7 Å². The zero-order valence-electron chi connectivity index (χ0n) is 17.2. The van der Waals surface area contributed by atoms with Crippen LogP contribution in [0.5, 0.6) is 5.75 Å². The fourth-order valence-corrected chi connectivity index (χ4v) is 4.01. The summed E-state index contributed by atoms with van der Waals surface area (Å²) in [7, 11) is 1.69. The number of aromatic nitrogens is 1. The van der Waals surface area contributed by atoms with Crippen LogP contribution in [0.15, 0.2) is 65.2 Å². The van der Waals surface area contributed by atoms with Crippen molar-refractivity contribution < 1.29 is 14.1 Å². The normalized spacial score (nSPS) is 15.5. The molecule has 2 heterocycles. The van der Waals surface area contributed by atoms with Crippen molar-refractivity contribution >= 4 is 5.91 Å². The van der Waals surface area contributed by atoms with Crippen molar-refractivity contribution in [3.63, 3.8) is 0 Å². The number of nitrogens with one attached hydrogen (secondary N) is 1. The van der Waals surface area contributed by atoms with Gasteiger partial charge in [-0.05, 0) is 32.0 Å². The minimum atomic E-state index is -0.238. The van der Waals surface area contributed by atoms with E-state index < -0.39 is 0 Å². The van der Waals surface area contributed by atoms with E-state index in [1.807, 2.05) is 48.5 Å². The third-order valence-corrected chi connectivity index (χ3v) is 5.59. The molecule has 1 aliphatic heterocycles. The van der Waals surface area contributed by atoms with Crippen LogP contribution >= 0.6 is 0 Å². The molecule has 0 bridgehead atoms. The van der Waals surface area contributed by atoms with Gasteiger partial charge in [-0.15, -0.1) is 0 Å². The molecule has 1 atom stereocenters. The van der Waals surface area contributed by atoms with Crippen LogP contribution < -0.4 is 10.1 Å². The zero-order valence-corrected chi connectivity index (χ0v) is 17.2. The smallest absolute Gasteiger partial charge is 0.273 e. The van der Waals surface area contributed by atoms with Crippen molar-refractivity contribution in [1.82, 2.24) is 15.4 Å². The van der Waals surface area contributed by atoms with Gasteiger partial charge in [-0.1, -0.05) is 60.1 Å². The minimum Gasteiger partial charge on any atom is -0.496 e. The fraction of sp³-hybridized carbons (Fsp3) is 0.333. The lowest BCUT2D eigenvalue weighted by Gasteiger charge is -2.35. The molecule has 0 spiro atoms. The van der Waals surface area contributed by atoms with Crippen LogP contribution in [-0.2, 0) is 0 Å². The van der Waals surface area contributed by atoms with E-state index in [0.29, 0.717) is 12.3 Å². The lowest BCUT2D eigenvalue weighted by molar-refractivity contribution is 0.0914. The molecule has 0 saturated carbocycles. The van der Waals surface area contributed by atoms with E-state index in [-0.39, 0.29) is 17.6 Å². The lowest BCUT2D eigenvalue weighted by atomic mass is 10.0. The van der Waals surface area contributed by atoms with Crippen molar-refractivity contribution in [2.45, 2.75) is 25.3 Å². The molecule has 30 heavy (non-hydrogen) atoms. The van der Waals surface area contributed by atoms with Crippen LogP contribution in [0, 0.1) is 0 Å². The number of nitrogens with zero attached hydrogens (tertiary/aromatic N) is 2. The van der Waals surface area contributed by atoms with Gasteiger partial charge in [0.2, 0.25) is 0 Å². The SMILES string of the molecule is COc1ccccc1C(CNC(=O)c1cc(-c2ccccc2)on1)N1CCCCC1. The Morgan fingerprint density at radius 3 is 2.60 bits per heavy atom. The maximum Gasteiger partial charge on any atom is 0.273 e. The van der Waals surface area contributed by atoms with Gasteiger partial charge in [-0.3, -0.25) is 9.69 Å². The van der Waals surface area contributed by atoms with E-state index in [2.05, 4.69) is 21.4 Å². The molecule has 4 rings (SSSR count). The summed E-state index contributed by atoms with van der Waals surface area (Å²) in [6.45, 7) is 2.51. The second kappa shape index (κ2) is 9.59. The number of hydrogen-bond acceptors (Lipinski definition) is 5. The van der Waals surface area contributed by atoms with Gasteiger partial charge in [0.05, 0.1) is 13.2 Å². The average Bonchev–Trinajstić information content (AvgIpc) is 3.31. The number of methoxy groups -OCH3 is 1. The number of benzene rings is 2. The van der Waals surface area contributed by atoms with Crippen molar-refractivity contribution in [3.8, 4) is 17.1 Å². The first-order valence-corrected chi connectivity index (χ1v) is 10.4. The number of hydrogen-bond donors (Lipinski definition) is 1. The summed E-state index contributed by atoms with van der Waals surface area (Å²) in [5.74, 6) is 1.19. The van der Waals surface area contributed by atoms with Crippen molar-refractivity contribution in [2.75, 3.05) is 26.7 Å². The molecular formula is C24H27N3O3. The predicted molar refractivity (Wildman–Crippen MR) is 115 cm³/mol. The molecule has 1 unspecified atom stereocenters. The predicted octanol–water partition coefficient (Wildman–Crippen LogP) is 4.31. The van der Waals surface area contributed by atoms with Gasteiger partial charge in [0, 0.05) is 23.7 Å². The number of para-hydroxylation sites is 1. The summed E-state index contributed by atoms with van der Waals surface area (Å²) in [5, 5.41) is 7.02. The summed E-state index contributed by atoms with van der Waals surface area (Å²) in [4.78, 5) is 15.2. The highest BCUT2D eigenvalue weighted by Crippen LogP contribution is 2.31. The number of piperidine rings is 1. The van der Waals surface area contributed by atoms with E-state index in [1.165, 1.54) is 19.3 Å². The largest absolute Gasteiger partial charge is 0.496 e. The molecular weight excluding hydrogens is 378 g/mol. The maximum absolute atomic E-state index is 12.8.